The number of oxime groups is 1. The monoisotopic (exact) mass is 307 g/mol. The van der Waals surface area contributed by atoms with Gasteiger partial charge in [-0.05, 0) is 31.6 Å². The van der Waals surface area contributed by atoms with Crippen LogP contribution in [-0.4, -0.2) is 11.7 Å². The Morgan fingerprint density at radius 1 is 1.09 bits per heavy atom. The summed E-state index contributed by atoms with van der Waals surface area (Å²) in [6.07, 6.45) is 1.75. The van der Waals surface area contributed by atoms with Gasteiger partial charge in [-0.2, -0.15) is 0 Å². The second-order valence-electron chi connectivity index (χ2n) is 5.43. The van der Waals surface area contributed by atoms with Crippen molar-refractivity contribution in [1.82, 2.24) is 0 Å². The van der Waals surface area contributed by atoms with Gasteiger partial charge in [0.1, 0.15) is 12.4 Å². The number of para-hydroxylation sites is 1. The molecule has 4 heteroatoms. The van der Waals surface area contributed by atoms with Crippen molar-refractivity contribution >= 4 is 17.8 Å². The summed E-state index contributed by atoms with van der Waals surface area (Å²) in [5, 5.41) is 3.68. The van der Waals surface area contributed by atoms with E-state index in [1.165, 1.54) is 5.56 Å². The quantitative estimate of drug-likeness (QED) is 0.636. The predicted octanol–water partition coefficient (Wildman–Crippen LogP) is 3.89. The van der Waals surface area contributed by atoms with Gasteiger partial charge in [-0.3, -0.25) is 0 Å². The SMILES string of the molecule is CC1=NOC(=O)/C1=C/c1ccccc1OCc1ccc(C)cc1. The van der Waals surface area contributed by atoms with Crippen LogP contribution < -0.4 is 4.74 Å². The molecule has 23 heavy (non-hydrogen) atoms. The van der Waals surface area contributed by atoms with Gasteiger partial charge in [0.25, 0.3) is 0 Å². The number of rotatable bonds is 4. The summed E-state index contributed by atoms with van der Waals surface area (Å²) in [6.45, 7) is 4.27. The highest BCUT2D eigenvalue weighted by atomic mass is 16.7. The molecule has 0 N–H and O–H groups in total. The summed E-state index contributed by atoms with van der Waals surface area (Å²) < 4.78 is 5.91. The molecule has 1 aliphatic rings. The smallest absolute Gasteiger partial charge is 0.367 e. The van der Waals surface area contributed by atoms with Crippen LogP contribution in [0.3, 0.4) is 0 Å². The van der Waals surface area contributed by atoms with E-state index < -0.39 is 5.97 Å². The number of aryl methyl sites for hydroxylation is 1. The molecule has 0 unspecified atom stereocenters. The third-order valence-corrected chi connectivity index (χ3v) is 3.61. The second-order valence-corrected chi connectivity index (χ2v) is 5.43. The van der Waals surface area contributed by atoms with Gasteiger partial charge in [0.2, 0.25) is 0 Å². The zero-order valence-corrected chi connectivity index (χ0v) is 13.1. The van der Waals surface area contributed by atoms with E-state index in [0.29, 0.717) is 23.6 Å². The van der Waals surface area contributed by atoms with Crippen LogP contribution in [0, 0.1) is 6.92 Å². The highest BCUT2D eigenvalue weighted by Gasteiger charge is 2.22. The molecule has 0 amide bonds. The van der Waals surface area contributed by atoms with Crippen LogP contribution >= 0.6 is 0 Å². The maximum atomic E-state index is 11.7. The molecule has 0 saturated carbocycles. The number of nitrogens with zero attached hydrogens (tertiary/aromatic N) is 1. The molecular formula is C19H17NO3. The molecule has 1 heterocycles. The fourth-order valence-corrected chi connectivity index (χ4v) is 2.25. The second kappa shape index (κ2) is 6.48. The number of carbonyl (C=O) groups excluding carboxylic acids is 1. The molecule has 0 saturated heterocycles. The van der Waals surface area contributed by atoms with Gasteiger partial charge in [-0.25, -0.2) is 4.79 Å². The van der Waals surface area contributed by atoms with Crippen molar-refractivity contribution in [3.05, 3.63) is 70.8 Å². The molecule has 4 nitrogen and oxygen atoms in total. The van der Waals surface area contributed by atoms with E-state index in [2.05, 4.69) is 29.0 Å². The minimum Gasteiger partial charge on any atom is -0.488 e. The molecule has 0 fully saturated rings. The average molecular weight is 307 g/mol. The van der Waals surface area contributed by atoms with Crippen LogP contribution in [0.2, 0.25) is 0 Å². The van der Waals surface area contributed by atoms with Crippen molar-refractivity contribution in [2.45, 2.75) is 20.5 Å². The van der Waals surface area contributed by atoms with Crippen molar-refractivity contribution in [2.75, 3.05) is 0 Å². The van der Waals surface area contributed by atoms with Gasteiger partial charge in [-0.15, -0.1) is 0 Å². The van der Waals surface area contributed by atoms with E-state index in [4.69, 9.17) is 4.74 Å². The molecule has 0 aromatic heterocycles. The fraction of sp³-hybridized carbons (Fsp3) is 0.158. The molecule has 116 valence electrons. The Labute approximate surface area is 135 Å². The highest BCUT2D eigenvalue weighted by Crippen LogP contribution is 2.24. The number of hydrogen-bond acceptors (Lipinski definition) is 4. The van der Waals surface area contributed by atoms with Crippen molar-refractivity contribution in [3.8, 4) is 5.75 Å². The summed E-state index contributed by atoms with van der Waals surface area (Å²) in [6, 6.07) is 15.8. The van der Waals surface area contributed by atoms with Crippen LogP contribution in [0.15, 0.2) is 59.3 Å². The zero-order valence-electron chi connectivity index (χ0n) is 13.1. The lowest BCUT2D eigenvalue weighted by atomic mass is 10.1. The van der Waals surface area contributed by atoms with Crippen LogP contribution in [0.4, 0.5) is 0 Å². The first-order valence-corrected chi connectivity index (χ1v) is 7.39. The normalized spacial score (nSPS) is 15.5. The Balaban J connectivity index is 1.81. The number of hydrogen-bond donors (Lipinski definition) is 0. The van der Waals surface area contributed by atoms with Crippen molar-refractivity contribution < 1.29 is 14.4 Å². The summed E-state index contributed by atoms with van der Waals surface area (Å²) >= 11 is 0. The molecule has 3 rings (SSSR count). The Kier molecular flexibility index (Phi) is 4.24. The molecule has 0 spiro atoms. The maximum absolute atomic E-state index is 11.7. The minimum atomic E-state index is -0.434. The first-order valence-electron chi connectivity index (χ1n) is 7.39. The van der Waals surface area contributed by atoms with Gasteiger partial charge in [-0.1, -0.05) is 53.2 Å². The Bertz CT molecular complexity index is 789. The van der Waals surface area contributed by atoms with E-state index in [-0.39, 0.29) is 0 Å². The summed E-state index contributed by atoms with van der Waals surface area (Å²) in [7, 11) is 0. The van der Waals surface area contributed by atoms with Gasteiger partial charge < -0.3 is 9.57 Å². The predicted molar refractivity (Wildman–Crippen MR) is 89.1 cm³/mol. The van der Waals surface area contributed by atoms with Crippen LogP contribution in [0.1, 0.15) is 23.6 Å². The number of ether oxygens (including phenoxy) is 1. The third-order valence-electron chi connectivity index (χ3n) is 3.61. The average Bonchev–Trinajstić information content (AvgIpc) is 2.87. The molecular weight excluding hydrogens is 290 g/mol. The van der Waals surface area contributed by atoms with E-state index in [1.54, 1.807) is 13.0 Å². The van der Waals surface area contributed by atoms with Crippen LogP contribution in [-0.2, 0) is 16.2 Å². The summed E-state index contributed by atoms with van der Waals surface area (Å²) in [4.78, 5) is 16.3. The molecule has 0 aliphatic carbocycles. The fourth-order valence-electron chi connectivity index (χ4n) is 2.25. The summed E-state index contributed by atoms with van der Waals surface area (Å²) in [5.74, 6) is 0.281. The first-order chi connectivity index (χ1) is 11.1. The van der Waals surface area contributed by atoms with Gasteiger partial charge in [0.05, 0.1) is 11.3 Å². The minimum absolute atomic E-state index is 0.434. The van der Waals surface area contributed by atoms with Crippen molar-refractivity contribution in [3.63, 3.8) is 0 Å². The van der Waals surface area contributed by atoms with E-state index >= 15 is 0 Å². The van der Waals surface area contributed by atoms with Crippen LogP contribution in [0.5, 0.6) is 5.75 Å². The maximum Gasteiger partial charge on any atom is 0.367 e. The Morgan fingerprint density at radius 2 is 1.83 bits per heavy atom. The standard InChI is InChI=1S/C19H17NO3/c1-13-7-9-15(10-8-13)12-22-18-6-4-3-5-16(18)11-17-14(2)20-23-19(17)21/h3-11H,12H2,1-2H3/b17-11+. The lowest BCUT2D eigenvalue weighted by Gasteiger charge is -2.10. The van der Waals surface area contributed by atoms with Gasteiger partial charge in [0.15, 0.2) is 0 Å². The first kappa shape index (κ1) is 15.0. The molecule has 2 aromatic rings. The van der Waals surface area contributed by atoms with Gasteiger partial charge in [0, 0.05) is 5.56 Å². The molecule has 2 aromatic carbocycles. The van der Waals surface area contributed by atoms with Crippen molar-refractivity contribution in [1.29, 1.82) is 0 Å². The molecule has 0 bridgehead atoms. The lowest BCUT2D eigenvalue weighted by Crippen LogP contribution is -2.02. The third kappa shape index (κ3) is 3.48. The zero-order chi connectivity index (χ0) is 16.2. The highest BCUT2D eigenvalue weighted by molar-refractivity contribution is 6.24. The van der Waals surface area contributed by atoms with E-state index in [1.807, 2.05) is 36.4 Å². The van der Waals surface area contributed by atoms with Crippen molar-refractivity contribution in [2.24, 2.45) is 5.16 Å². The summed E-state index contributed by atoms with van der Waals surface area (Å²) in [5.41, 5.74) is 4.16. The lowest BCUT2D eigenvalue weighted by molar-refractivity contribution is -0.136. The van der Waals surface area contributed by atoms with Crippen LogP contribution in [0.25, 0.3) is 6.08 Å². The number of carbonyl (C=O) groups is 1. The number of benzene rings is 2. The van der Waals surface area contributed by atoms with E-state index in [0.717, 1.165) is 11.1 Å². The molecule has 0 radical (unpaired) electrons. The Morgan fingerprint density at radius 3 is 2.52 bits per heavy atom. The Hall–Kier alpha value is -2.88. The molecule has 1 aliphatic heterocycles. The molecule has 0 atom stereocenters. The van der Waals surface area contributed by atoms with E-state index in [9.17, 15) is 4.79 Å². The largest absolute Gasteiger partial charge is 0.488 e. The van der Waals surface area contributed by atoms with Gasteiger partial charge >= 0.3 is 5.97 Å². The topological polar surface area (TPSA) is 47.9 Å².